The fourth-order valence-corrected chi connectivity index (χ4v) is 4.41. The molecule has 5 rings (SSSR count). The van der Waals surface area contributed by atoms with Crippen molar-refractivity contribution >= 4 is 17.5 Å². The second-order valence-corrected chi connectivity index (χ2v) is 9.26. The molecule has 2 aromatic carbocycles. The second-order valence-electron chi connectivity index (χ2n) is 9.26. The Hall–Kier alpha value is -4.13. The van der Waals surface area contributed by atoms with Gasteiger partial charge >= 0.3 is 5.97 Å². The third-order valence-electron chi connectivity index (χ3n) is 6.63. The lowest BCUT2D eigenvalue weighted by atomic mass is 9.93. The summed E-state index contributed by atoms with van der Waals surface area (Å²) in [6.07, 6.45) is 2.61. The van der Waals surface area contributed by atoms with Crippen LogP contribution in [0, 0.1) is 6.92 Å². The molecule has 190 valence electrons. The zero-order valence-corrected chi connectivity index (χ0v) is 21.4. The van der Waals surface area contributed by atoms with Crippen LogP contribution in [0.3, 0.4) is 0 Å². The fourth-order valence-electron chi connectivity index (χ4n) is 4.41. The molecule has 1 saturated carbocycles. The molecule has 7 heteroatoms. The standard InChI is InChI=1S/C30H31N3O4/c1-4-19-36-26-8-6-7-25(31-26)32-27-20(3)33-37-28(27)23-11-9-21(10-12-23)22-13-15-24(16-14-22)30(17-18-30)29(34)35-5-2/h6-16H,4-5,17-19H2,1-3H3,(H,31,32). The molecule has 0 amide bonds. The highest BCUT2D eigenvalue weighted by Gasteiger charge is 2.52. The summed E-state index contributed by atoms with van der Waals surface area (Å²) in [5.41, 5.74) is 5.14. The summed E-state index contributed by atoms with van der Waals surface area (Å²) in [7, 11) is 0. The number of ether oxygens (including phenoxy) is 2. The van der Waals surface area contributed by atoms with Gasteiger partial charge in [-0.1, -0.05) is 66.7 Å². The van der Waals surface area contributed by atoms with E-state index in [2.05, 4.69) is 46.6 Å². The fraction of sp³-hybridized carbons (Fsp3) is 0.300. The number of pyridine rings is 1. The molecule has 2 aromatic heterocycles. The van der Waals surface area contributed by atoms with Crippen LogP contribution >= 0.6 is 0 Å². The normalized spacial score (nSPS) is 13.7. The number of anilines is 2. The van der Waals surface area contributed by atoms with Crippen molar-refractivity contribution in [2.24, 2.45) is 0 Å². The Bertz CT molecular complexity index is 1370. The highest BCUT2D eigenvalue weighted by Crippen LogP contribution is 2.49. The second kappa shape index (κ2) is 10.5. The number of aromatic nitrogens is 2. The van der Waals surface area contributed by atoms with E-state index in [4.69, 9.17) is 14.0 Å². The summed E-state index contributed by atoms with van der Waals surface area (Å²) in [6.45, 7) is 6.83. The van der Waals surface area contributed by atoms with Crippen LogP contribution in [0.15, 0.2) is 71.3 Å². The monoisotopic (exact) mass is 497 g/mol. The van der Waals surface area contributed by atoms with Gasteiger partial charge in [-0.25, -0.2) is 0 Å². The number of aryl methyl sites for hydroxylation is 1. The molecule has 37 heavy (non-hydrogen) atoms. The lowest BCUT2D eigenvalue weighted by molar-refractivity contribution is -0.146. The first-order chi connectivity index (χ1) is 18.0. The van der Waals surface area contributed by atoms with Crippen molar-refractivity contribution in [1.82, 2.24) is 10.1 Å². The maximum atomic E-state index is 12.4. The van der Waals surface area contributed by atoms with E-state index in [9.17, 15) is 4.79 Å². The van der Waals surface area contributed by atoms with Crippen LogP contribution in [0.25, 0.3) is 22.5 Å². The minimum absolute atomic E-state index is 0.116. The zero-order chi connectivity index (χ0) is 25.8. The van der Waals surface area contributed by atoms with Crippen molar-refractivity contribution in [3.05, 3.63) is 78.0 Å². The Balaban J connectivity index is 1.33. The number of carbonyl (C=O) groups is 1. The van der Waals surface area contributed by atoms with Crippen molar-refractivity contribution in [1.29, 1.82) is 0 Å². The van der Waals surface area contributed by atoms with E-state index < -0.39 is 5.41 Å². The molecule has 1 aliphatic rings. The lowest BCUT2D eigenvalue weighted by Crippen LogP contribution is -2.23. The van der Waals surface area contributed by atoms with Crippen LogP contribution in [0.1, 0.15) is 44.4 Å². The van der Waals surface area contributed by atoms with Crippen molar-refractivity contribution in [3.63, 3.8) is 0 Å². The molecule has 0 atom stereocenters. The molecular weight excluding hydrogens is 466 g/mol. The quantitative estimate of drug-likeness (QED) is 0.240. The van der Waals surface area contributed by atoms with Crippen molar-refractivity contribution < 1.29 is 18.8 Å². The van der Waals surface area contributed by atoms with Gasteiger partial charge in [0.1, 0.15) is 17.2 Å². The van der Waals surface area contributed by atoms with E-state index in [0.29, 0.717) is 30.7 Å². The van der Waals surface area contributed by atoms with Crippen molar-refractivity contribution in [3.8, 4) is 28.3 Å². The van der Waals surface area contributed by atoms with Gasteiger partial charge in [0, 0.05) is 11.6 Å². The molecular formula is C30H31N3O4. The zero-order valence-electron chi connectivity index (χ0n) is 21.4. The van der Waals surface area contributed by atoms with Crippen LogP contribution < -0.4 is 10.1 Å². The molecule has 2 heterocycles. The summed E-state index contributed by atoms with van der Waals surface area (Å²) in [5.74, 6) is 1.77. The predicted molar refractivity (Wildman–Crippen MR) is 143 cm³/mol. The van der Waals surface area contributed by atoms with Crippen LogP contribution in [0.4, 0.5) is 11.5 Å². The molecule has 7 nitrogen and oxygen atoms in total. The van der Waals surface area contributed by atoms with Crippen LogP contribution in [-0.4, -0.2) is 29.3 Å². The maximum absolute atomic E-state index is 12.4. The average molecular weight is 498 g/mol. The Kier molecular flexibility index (Phi) is 6.95. The molecule has 0 unspecified atom stereocenters. The number of rotatable bonds is 10. The van der Waals surface area contributed by atoms with Crippen molar-refractivity contribution in [2.75, 3.05) is 18.5 Å². The van der Waals surface area contributed by atoms with Gasteiger partial charge in [-0.15, -0.1) is 0 Å². The van der Waals surface area contributed by atoms with Gasteiger partial charge < -0.3 is 19.3 Å². The van der Waals surface area contributed by atoms with Gasteiger partial charge in [0.15, 0.2) is 5.76 Å². The number of nitrogens with one attached hydrogen (secondary N) is 1. The van der Waals surface area contributed by atoms with Gasteiger partial charge in [0.05, 0.1) is 18.6 Å². The van der Waals surface area contributed by atoms with Crippen LogP contribution in [0.5, 0.6) is 5.88 Å². The third-order valence-corrected chi connectivity index (χ3v) is 6.63. The SMILES string of the molecule is CCCOc1cccc(Nc2c(C)noc2-c2ccc(-c3ccc(C4(C(=O)OCC)CC4)cc3)cc2)n1. The number of esters is 1. The first kappa shape index (κ1) is 24.6. The topological polar surface area (TPSA) is 86.5 Å². The highest BCUT2D eigenvalue weighted by molar-refractivity contribution is 5.87. The van der Waals surface area contributed by atoms with E-state index in [1.807, 2.05) is 56.3 Å². The Morgan fingerprint density at radius 2 is 1.65 bits per heavy atom. The highest BCUT2D eigenvalue weighted by atomic mass is 16.5. The van der Waals surface area contributed by atoms with E-state index in [-0.39, 0.29) is 5.97 Å². The van der Waals surface area contributed by atoms with Gasteiger partial charge in [-0.2, -0.15) is 4.98 Å². The van der Waals surface area contributed by atoms with Gasteiger partial charge in [0.25, 0.3) is 0 Å². The summed E-state index contributed by atoms with van der Waals surface area (Å²) in [4.78, 5) is 16.9. The number of carbonyl (C=O) groups excluding carboxylic acids is 1. The molecule has 0 bridgehead atoms. The Labute approximate surface area is 216 Å². The largest absolute Gasteiger partial charge is 0.478 e. The van der Waals surface area contributed by atoms with Gasteiger partial charge in [-0.3, -0.25) is 4.79 Å². The molecule has 1 N–H and O–H groups in total. The average Bonchev–Trinajstić information content (AvgIpc) is 3.67. The molecule has 0 radical (unpaired) electrons. The van der Waals surface area contributed by atoms with E-state index in [0.717, 1.165) is 52.9 Å². The minimum atomic E-state index is -0.456. The summed E-state index contributed by atoms with van der Waals surface area (Å²) in [5, 5.41) is 7.51. The van der Waals surface area contributed by atoms with Gasteiger partial charge in [0.2, 0.25) is 5.88 Å². The first-order valence-corrected chi connectivity index (χ1v) is 12.8. The summed E-state index contributed by atoms with van der Waals surface area (Å²) < 4.78 is 16.6. The smallest absolute Gasteiger partial charge is 0.316 e. The Morgan fingerprint density at radius 3 is 2.30 bits per heavy atom. The van der Waals surface area contributed by atoms with Crippen molar-refractivity contribution in [2.45, 2.75) is 45.4 Å². The van der Waals surface area contributed by atoms with Gasteiger partial charge in [-0.05, 0) is 55.9 Å². The Morgan fingerprint density at radius 1 is 0.973 bits per heavy atom. The number of benzene rings is 2. The predicted octanol–water partition coefficient (Wildman–Crippen LogP) is 6.84. The molecule has 1 aliphatic carbocycles. The third kappa shape index (κ3) is 5.07. The van der Waals surface area contributed by atoms with Crippen LogP contribution in [0.2, 0.25) is 0 Å². The van der Waals surface area contributed by atoms with Crippen LogP contribution in [-0.2, 0) is 14.9 Å². The maximum Gasteiger partial charge on any atom is 0.316 e. The van der Waals surface area contributed by atoms with E-state index >= 15 is 0 Å². The number of nitrogens with zero attached hydrogens (tertiary/aromatic N) is 2. The summed E-state index contributed by atoms with van der Waals surface area (Å²) in [6, 6.07) is 22.0. The van der Waals surface area contributed by atoms with E-state index in [1.165, 1.54) is 0 Å². The number of hydrogen-bond donors (Lipinski definition) is 1. The summed E-state index contributed by atoms with van der Waals surface area (Å²) >= 11 is 0. The molecule has 1 fully saturated rings. The molecule has 0 saturated heterocycles. The molecule has 0 spiro atoms. The number of hydrogen-bond acceptors (Lipinski definition) is 7. The first-order valence-electron chi connectivity index (χ1n) is 12.8. The van der Waals surface area contributed by atoms with E-state index in [1.54, 1.807) is 0 Å². The molecule has 4 aromatic rings. The minimum Gasteiger partial charge on any atom is -0.478 e. The lowest BCUT2D eigenvalue weighted by Gasteiger charge is -2.14. The molecule has 0 aliphatic heterocycles.